The van der Waals surface area contributed by atoms with Gasteiger partial charge in [-0.05, 0) is 12.8 Å². The molecule has 10 nitrogen and oxygen atoms in total. The van der Waals surface area contributed by atoms with Crippen LogP contribution in [0.4, 0.5) is 0 Å². The maximum absolute atomic E-state index is 10.1. The number of rotatable bonds is 9. The predicted octanol–water partition coefficient (Wildman–Crippen LogP) is -1.08. The summed E-state index contributed by atoms with van der Waals surface area (Å²) in [4.78, 5) is 39.9. The molecule has 0 aliphatic carbocycles. The predicted molar refractivity (Wildman–Crippen MR) is 69.6 cm³/mol. The Kier molecular flexibility index (Phi) is 11.7. The fourth-order valence-electron chi connectivity index (χ4n) is 1.12. The summed E-state index contributed by atoms with van der Waals surface area (Å²) in [6, 6.07) is -1.72. The fraction of sp³-hybridized carbons (Fsp3) is 0.636. The Morgan fingerprint density at radius 2 is 1.24 bits per heavy atom. The minimum absolute atomic E-state index is 0.0268. The number of carbonyl (C=O) groups is 4. The number of carboxylic acids is 4. The molecule has 0 rings (SSSR count). The van der Waals surface area contributed by atoms with Gasteiger partial charge in [-0.2, -0.15) is 0 Å². The first-order valence-electron chi connectivity index (χ1n) is 5.95. The second kappa shape index (κ2) is 11.6. The second-order valence-corrected chi connectivity index (χ2v) is 4.19. The molecular weight excluding hydrogens is 288 g/mol. The highest BCUT2D eigenvalue weighted by molar-refractivity contribution is 5.73. The molecule has 0 amide bonds. The Hall–Kier alpha value is -2.20. The van der Waals surface area contributed by atoms with Crippen LogP contribution in [0.5, 0.6) is 0 Å². The molecule has 0 aromatic heterocycles. The van der Waals surface area contributed by atoms with E-state index in [-0.39, 0.29) is 25.7 Å². The van der Waals surface area contributed by atoms with Gasteiger partial charge in [0, 0.05) is 12.5 Å². The van der Waals surface area contributed by atoms with Gasteiger partial charge in [-0.25, -0.2) is 0 Å². The number of carboxylic acid groups (broad SMARTS) is 4. The molecule has 1 unspecified atom stereocenters. The number of aliphatic carboxylic acids is 4. The highest BCUT2D eigenvalue weighted by Gasteiger charge is 2.11. The Balaban J connectivity index is 0. The number of nitrogens with two attached hydrogens (primary N) is 2. The third-order valence-electron chi connectivity index (χ3n) is 2.10. The van der Waals surface area contributed by atoms with E-state index in [1.807, 2.05) is 0 Å². The first-order valence-corrected chi connectivity index (χ1v) is 5.95. The summed E-state index contributed by atoms with van der Waals surface area (Å²) in [5, 5.41) is 32.7. The SMILES string of the molecule is NC(CC(=O)O)CC(=O)O.NC(CCCC(=O)O)C(=O)O. The van der Waals surface area contributed by atoms with Gasteiger partial charge in [-0.3, -0.25) is 19.2 Å². The molecule has 0 aromatic carbocycles. The molecule has 122 valence electrons. The highest BCUT2D eigenvalue weighted by Crippen LogP contribution is 1.98. The van der Waals surface area contributed by atoms with Crippen molar-refractivity contribution in [3.8, 4) is 0 Å². The lowest BCUT2D eigenvalue weighted by Crippen LogP contribution is -2.29. The van der Waals surface area contributed by atoms with E-state index in [0.717, 1.165) is 0 Å². The molecule has 0 radical (unpaired) electrons. The molecule has 0 heterocycles. The summed E-state index contributed by atoms with van der Waals surface area (Å²) in [5.41, 5.74) is 10.2. The normalized spacial score (nSPS) is 11.2. The van der Waals surface area contributed by atoms with Gasteiger partial charge < -0.3 is 31.9 Å². The average molecular weight is 308 g/mol. The van der Waals surface area contributed by atoms with Crippen LogP contribution in [0.15, 0.2) is 0 Å². The second-order valence-electron chi connectivity index (χ2n) is 4.19. The fourth-order valence-corrected chi connectivity index (χ4v) is 1.12. The molecule has 0 aromatic rings. The van der Waals surface area contributed by atoms with Gasteiger partial charge in [-0.15, -0.1) is 0 Å². The van der Waals surface area contributed by atoms with E-state index < -0.39 is 36.0 Å². The summed E-state index contributed by atoms with van der Waals surface area (Å²) in [6.45, 7) is 0. The molecule has 0 spiro atoms. The van der Waals surface area contributed by atoms with Crippen molar-refractivity contribution in [3.63, 3.8) is 0 Å². The van der Waals surface area contributed by atoms with Crippen LogP contribution in [0, 0.1) is 0 Å². The van der Waals surface area contributed by atoms with Gasteiger partial charge in [0.1, 0.15) is 6.04 Å². The van der Waals surface area contributed by atoms with Gasteiger partial charge in [0.25, 0.3) is 0 Å². The largest absolute Gasteiger partial charge is 0.481 e. The molecule has 0 saturated heterocycles. The van der Waals surface area contributed by atoms with E-state index >= 15 is 0 Å². The Labute approximate surface area is 120 Å². The molecule has 0 fully saturated rings. The molecule has 0 bridgehead atoms. The van der Waals surface area contributed by atoms with Gasteiger partial charge in [0.2, 0.25) is 0 Å². The van der Waals surface area contributed by atoms with E-state index in [4.69, 9.17) is 31.9 Å². The van der Waals surface area contributed by atoms with Crippen molar-refractivity contribution in [2.75, 3.05) is 0 Å². The Morgan fingerprint density at radius 1 is 0.810 bits per heavy atom. The van der Waals surface area contributed by atoms with Gasteiger partial charge >= 0.3 is 23.9 Å². The third-order valence-corrected chi connectivity index (χ3v) is 2.10. The molecule has 1 atom stereocenters. The highest BCUT2D eigenvalue weighted by atomic mass is 16.4. The van der Waals surface area contributed by atoms with Crippen LogP contribution < -0.4 is 11.5 Å². The van der Waals surface area contributed by atoms with Crippen LogP contribution in [-0.4, -0.2) is 56.4 Å². The van der Waals surface area contributed by atoms with Crippen molar-refractivity contribution in [3.05, 3.63) is 0 Å². The van der Waals surface area contributed by atoms with Gasteiger partial charge in [-0.1, -0.05) is 0 Å². The Morgan fingerprint density at radius 3 is 1.52 bits per heavy atom. The zero-order valence-corrected chi connectivity index (χ0v) is 11.3. The molecule has 0 aliphatic heterocycles. The van der Waals surface area contributed by atoms with Gasteiger partial charge in [0.05, 0.1) is 12.8 Å². The quantitative estimate of drug-likeness (QED) is 0.304. The first kappa shape index (κ1) is 21.1. The summed E-state index contributed by atoms with van der Waals surface area (Å²) < 4.78 is 0. The summed E-state index contributed by atoms with van der Waals surface area (Å²) in [6.07, 6.45) is -0.107. The topological polar surface area (TPSA) is 201 Å². The van der Waals surface area contributed by atoms with Crippen LogP contribution in [0.3, 0.4) is 0 Å². The lowest BCUT2D eigenvalue weighted by atomic mass is 10.1. The summed E-state index contributed by atoms with van der Waals surface area (Å²) in [7, 11) is 0. The van der Waals surface area contributed by atoms with Crippen molar-refractivity contribution in [1.82, 2.24) is 0 Å². The number of hydrogen-bond acceptors (Lipinski definition) is 6. The number of hydrogen-bond donors (Lipinski definition) is 6. The smallest absolute Gasteiger partial charge is 0.320 e. The Bertz CT molecular complexity index is 355. The van der Waals surface area contributed by atoms with E-state index in [2.05, 4.69) is 0 Å². The minimum atomic E-state index is -1.09. The van der Waals surface area contributed by atoms with E-state index in [0.29, 0.717) is 6.42 Å². The molecule has 8 N–H and O–H groups in total. The van der Waals surface area contributed by atoms with Crippen LogP contribution in [0.25, 0.3) is 0 Å². The first-order chi connectivity index (χ1) is 9.56. The summed E-state index contributed by atoms with van der Waals surface area (Å²) >= 11 is 0. The van der Waals surface area contributed by atoms with Crippen molar-refractivity contribution in [2.24, 2.45) is 11.5 Å². The lowest BCUT2D eigenvalue weighted by Gasteiger charge is -2.02. The van der Waals surface area contributed by atoms with Crippen molar-refractivity contribution in [2.45, 2.75) is 44.2 Å². The summed E-state index contributed by atoms with van der Waals surface area (Å²) in [5.74, 6) is -4.17. The van der Waals surface area contributed by atoms with Gasteiger partial charge in [0.15, 0.2) is 0 Å². The lowest BCUT2D eigenvalue weighted by molar-refractivity contribution is -0.140. The van der Waals surface area contributed by atoms with Crippen molar-refractivity contribution < 1.29 is 39.6 Å². The third kappa shape index (κ3) is 17.8. The van der Waals surface area contributed by atoms with Crippen LogP contribution >= 0.6 is 0 Å². The maximum atomic E-state index is 10.1. The maximum Gasteiger partial charge on any atom is 0.320 e. The standard InChI is InChI=1S/C6H11NO4.C5H9NO4/c7-4(6(10)11)2-1-3-5(8)9;6-3(1-4(7)8)2-5(9)10/h4H,1-3,7H2,(H,8,9)(H,10,11);3H,1-2,6H2,(H,7,8)(H,9,10). The molecule has 0 saturated carbocycles. The molecule has 21 heavy (non-hydrogen) atoms. The van der Waals surface area contributed by atoms with Crippen molar-refractivity contribution in [1.29, 1.82) is 0 Å². The zero-order chi connectivity index (χ0) is 17.0. The molecule has 0 aliphatic rings. The van der Waals surface area contributed by atoms with E-state index in [9.17, 15) is 19.2 Å². The van der Waals surface area contributed by atoms with E-state index in [1.54, 1.807) is 0 Å². The minimum Gasteiger partial charge on any atom is -0.481 e. The van der Waals surface area contributed by atoms with Crippen LogP contribution in [-0.2, 0) is 19.2 Å². The molecular formula is C11H20N2O8. The monoisotopic (exact) mass is 308 g/mol. The van der Waals surface area contributed by atoms with Crippen molar-refractivity contribution >= 4 is 23.9 Å². The average Bonchev–Trinajstić information content (AvgIpc) is 2.26. The molecule has 10 heteroatoms. The van der Waals surface area contributed by atoms with Crippen LogP contribution in [0.1, 0.15) is 32.1 Å². The van der Waals surface area contributed by atoms with E-state index in [1.165, 1.54) is 0 Å². The van der Waals surface area contributed by atoms with Crippen LogP contribution in [0.2, 0.25) is 0 Å². The zero-order valence-electron chi connectivity index (χ0n) is 11.3.